The third kappa shape index (κ3) is 6.29. The summed E-state index contributed by atoms with van der Waals surface area (Å²) >= 11 is 3.24. The number of hydrogen-bond acceptors (Lipinski definition) is 3. The third-order valence-electron chi connectivity index (χ3n) is 2.98. The first-order valence-electron chi connectivity index (χ1n) is 6.94. The highest BCUT2D eigenvalue weighted by molar-refractivity contribution is 9.10. The van der Waals surface area contributed by atoms with Gasteiger partial charge in [-0.25, -0.2) is 0 Å². The van der Waals surface area contributed by atoms with Crippen LogP contribution in [-0.4, -0.2) is 23.7 Å². The Kier molecular flexibility index (Phi) is 6.33. The summed E-state index contributed by atoms with van der Waals surface area (Å²) in [6.07, 6.45) is -1.29. The van der Waals surface area contributed by atoms with Gasteiger partial charge in [0.15, 0.2) is 0 Å². The molecule has 2 aromatic rings. The van der Waals surface area contributed by atoms with Crippen molar-refractivity contribution in [1.82, 2.24) is 10.3 Å². The Bertz CT molecular complexity index is 690. The first-order valence-corrected chi connectivity index (χ1v) is 7.74. The molecular formula is C16H14BrF3N2O2. The van der Waals surface area contributed by atoms with E-state index in [2.05, 4.69) is 31.0 Å². The normalized spacial score (nSPS) is 11.3. The van der Waals surface area contributed by atoms with E-state index in [1.807, 2.05) is 0 Å². The summed E-state index contributed by atoms with van der Waals surface area (Å²) in [5, 5.41) is 2.75. The second kappa shape index (κ2) is 8.25. The number of nitrogens with zero attached hydrogens (tertiary/aromatic N) is 1. The molecule has 2 rings (SSSR count). The summed E-state index contributed by atoms with van der Waals surface area (Å²) in [5.74, 6) is -0.263. The number of ether oxygens (including phenoxy) is 1. The molecule has 1 heterocycles. The summed E-state index contributed by atoms with van der Waals surface area (Å²) in [5.41, 5.74) is 1.89. The van der Waals surface area contributed by atoms with Gasteiger partial charge in [0.2, 0.25) is 0 Å². The van der Waals surface area contributed by atoms with Crippen molar-refractivity contribution in [3.8, 4) is 0 Å². The fraction of sp³-hybridized carbons (Fsp3) is 0.250. The van der Waals surface area contributed by atoms with Crippen LogP contribution in [0.1, 0.15) is 21.5 Å². The van der Waals surface area contributed by atoms with Crippen molar-refractivity contribution < 1.29 is 22.7 Å². The largest absolute Gasteiger partial charge is 0.411 e. The standard InChI is InChI=1S/C16H14BrF3N2O2/c17-14-5-13(7-21-8-14)15(23)22-6-11-1-3-12(4-2-11)9-24-10-16(18,19)20/h1-5,7-8H,6,9-10H2,(H,22,23). The summed E-state index contributed by atoms with van der Waals surface area (Å²) in [4.78, 5) is 15.9. The zero-order chi connectivity index (χ0) is 17.6. The lowest BCUT2D eigenvalue weighted by Crippen LogP contribution is -2.22. The Hall–Kier alpha value is -1.93. The Morgan fingerprint density at radius 1 is 1.17 bits per heavy atom. The Labute approximate surface area is 145 Å². The van der Waals surface area contributed by atoms with Crippen LogP contribution in [0.2, 0.25) is 0 Å². The van der Waals surface area contributed by atoms with E-state index in [4.69, 9.17) is 0 Å². The molecule has 0 atom stereocenters. The molecule has 0 spiro atoms. The van der Waals surface area contributed by atoms with Gasteiger partial charge >= 0.3 is 6.18 Å². The summed E-state index contributed by atoms with van der Waals surface area (Å²) in [7, 11) is 0. The highest BCUT2D eigenvalue weighted by Crippen LogP contribution is 2.16. The van der Waals surface area contributed by atoms with Crippen LogP contribution in [0.25, 0.3) is 0 Å². The monoisotopic (exact) mass is 402 g/mol. The van der Waals surface area contributed by atoms with Crippen LogP contribution < -0.4 is 5.32 Å². The molecule has 8 heteroatoms. The van der Waals surface area contributed by atoms with Crippen molar-refractivity contribution in [2.24, 2.45) is 0 Å². The van der Waals surface area contributed by atoms with Gasteiger partial charge in [0.1, 0.15) is 6.61 Å². The molecule has 0 unspecified atom stereocenters. The van der Waals surface area contributed by atoms with Gasteiger partial charge in [-0.05, 0) is 33.1 Å². The molecule has 1 amide bonds. The number of carbonyl (C=O) groups is 1. The van der Waals surface area contributed by atoms with Crippen LogP contribution in [0.5, 0.6) is 0 Å². The molecule has 1 aromatic carbocycles. The van der Waals surface area contributed by atoms with Crippen LogP contribution >= 0.6 is 15.9 Å². The molecule has 4 nitrogen and oxygen atoms in total. The predicted molar refractivity (Wildman–Crippen MR) is 85.3 cm³/mol. The number of nitrogens with one attached hydrogen (secondary N) is 1. The number of alkyl halides is 3. The van der Waals surface area contributed by atoms with Crippen LogP contribution in [0.4, 0.5) is 13.2 Å². The summed E-state index contributed by atoms with van der Waals surface area (Å²) < 4.78 is 41.3. The second-order valence-electron chi connectivity index (χ2n) is 5.00. The molecule has 1 aromatic heterocycles. The topological polar surface area (TPSA) is 51.2 Å². The SMILES string of the molecule is O=C(NCc1ccc(COCC(F)(F)F)cc1)c1cncc(Br)c1. The van der Waals surface area contributed by atoms with Crippen LogP contribution in [0, 0.1) is 0 Å². The number of amides is 1. The minimum atomic E-state index is -4.33. The van der Waals surface area contributed by atoms with E-state index in [-0.39, 0.29) is 12.5 Å². The minimum Gasteiger partial charge on any atom is -0.367 e. The quantitative estimate of drug-likeness (QED) is 0.798. The number of carbonyl (C=O) groups excluding carboxylic acids is 1. The van der Waals surface area contributed by atoms with Crippen LogP contribution in [-0.2, 0) is 17.9 Å². The Balaban J connectivity index is 1.82. The fourth-order valence-corrected chi connectivity index (χ4v) is 2.22. The minimum absolute atomic E-state index is 0.115. The number of aromatic nitrogens is 1. The molecule has 1 N–H and O–H groups in total. The van der Waals surface area contributed by atoms with E-state index in [0.717, 1.165) is 5.56 Å². The molecule has 0 bridgehead atoms. The molecule has 0 saturated heterocycles. The number of rotatable bonds is 6. The highest BCUT2D eigenvalue weighted by Gasteiger charge is 2.27. The molecule has 0 fully saturated rings. The molecule has 0 radical (unpaired) electrons. The third-order valence-corrected chi connectivity index (χ3v) is 3.41. The van der Waals surface area contributed by atoms with Gasteiger partial charge in [0, 0.05) is 23.4 Å². The van der Waals surface area contributed by atoms with Gasteiger partial charge in [-0.3, -0.25) is 9.78 Å². The summed E-state index contributed by atoms with van der Waals surface area (Å²) in [6.45, 7) is -1.09. The molecular weight excluding hydrogens is 389 g/mol. The lowest BCUT2D eigenvalue weighted by molar-refractivity contribution is -0.176. The van der Waals surface area contributed by atoms with E-state index in [1.165, 1.54) is 6.20 Å². The zero-order valence-electron chi connectivity index (χ0n) is 12.4. The first kappa shape index (κ1) is 18.4. The van der Waals surface area contributed by atoms with Gasteiger partial charge in [0.25, 0.3) is 5.91 Å². The lowest BCUT2D eigenvalue weighted by atomic mass is 10.1. The molecule has 0 aliphatic rings. The summed E-state index contributed by atoms with van der Waals surface area (Å²) in [6, 6.07) is 8.44. The van der Waals surface area contributed by atoms with E-state index >= 15 is 0 Å². The average molecular weight is 403 g/mol. The number of pyridine rings is 1. The Morgan fingerprint density at radius 3 is 2.46 bits per heavy atom. The second-order valence-corrected chi connectivity index (χ2v) is 5.91. The van der Waals surface area contributed by atoms with Crippen molar-refractivity contribution in [3.63, 3.8) is 0 Å². The maximum Gasteiger partial charge on any atom is 0.411 e. The fourth-order valence-electron chi connectivity index (χ4n) is 1.86. The molecule has 0 aliphatic heterocycles. The number of hydrogen-bond donors (Lipinski definition) is 1. The van der Waals surface area contributed by atoms with E-state index in [1.54, 1.807) is 36.5 Å². The smallest absolute Gasteiger partial charge is 0.367 e. The Morgan fingerprint density at radius 2 is 1.83 bits per heavy atom. The maximum atomic E-state index is 12.0. The van der Waals surface area contributed by atoms with Crippen molar-refractivity contribution in [2.75, 3.05) is 6.61 Å². The van der Waals surface area contributed by atoms with Crippen LogP contribution in [0.15, 0.2) is 47.2 Å². The van der Waals surface area contributed by atoms with E-state index in [0.29, 0.717) is 22.1 Å². The van der Waals surface area contributed by atoms with Gasteiger partial charge in [0.05, 0.1) is 12.2 Å². The maximum absolute atomic E-state index is 12.0. The van der Waals surface area contributed by atoms with Gasteiger partial charge in [-0.15, -0.1) is 0 Å². The van der Waals surface area contributed by atoms with Gasteiger partial charge in [-0.2, -0.15) is 13.2 Å². The zero-order valence-corrected chi connectivity index (χ0v) is 14.0. The molecule has 0 aliphatic carbocycles. The molecule has 128 valence electrons. The average Bonchev–Trinajstić information content (AvgIpc) is 2.52. The van der Waals surface area contributed by atoms with Crippen molar-refractivity contribution in [1.29, 1.82) is 0 Å². The van der Waals surface area contributed by atoms with Crippen molar-refractivity contribution in [2.45, 2.75) is 19.3 Å². The van der Waals surface area contributed by atoms with E-state index in [9.17, 15) is 18.0 Å². The van der Waals surface area contributed by atoms with Crippen molar-refractivity contribution >= 4 is 21.8 Å². The first-order chi connectivity index (χ1) is 11.3. The molecule has 0 saturated carbocycles. The number of benzene rings is 1. The van der Waals surface area contributed by atoms with Gasteiger partial charge in [-0.1, -0.05) is 24.3 Å². The highest BCUT2D eigenvalue weighted by atomic mass is 79.9. The lowest BCUT2D eigenvalue weighted by Gasteiger charge is -2.09. The number of halogens is 4. The predicted octanol–water partition coefficient (Wildman–Crippen LogP) is 3.85. The van der Waals surface area contributed by atoms with Crippen molar-refractivity contribution in [3.05, 3.63) is 63.9 Å². The van der Waals surface area contributed by atoms with Crippen LogP contribution in [0.3, 0.4) is 0 Å². The molecule has 24 heavy (non-hydrogen) atoms. The van der Waals surface area contributed by atoms with Gasteiger partial charge < -0.3 is 10.1 Å². The van der Waals surface area contributed by atoms with E-state index < -0.39 is 12.8 Å².